The summed E-state index contributed by atoms with van der Waals surface area (Å²) >= 11 is 0. The van der Waals surface area contributed by atoms with Crippen LogP contribution in [-0.2, 0) is 14.7 Å². The van der Waals surface area contributed by atoms with Crippen LogP contribution in [0.3, 0.4) is 0 Å². The monoisotopic (exact) mass is 191 g/mol. The molecule has 0 rings (SSSR count). The molecule has 0 aliphatic carbocycles. The van der Waals surface area contributed by atoms with E-state index in [0.29, 0.717) is 6.42 Å². The van der Waals surface area contributed by atoms with Crippen molar-refractivity contribution < 1.29 is 19.8 Å². The third-order valence-electron chi connectivity index (χ3n) is 1.77. The number of carbonyl (C=O) groups is 1. The first-order valence-electron chi connectivity index (χ1n) is 4.47. The van der Waals surface area contributed by atoms with Gasteiger partial charge in [-0.25, -0.2) is 9.68 Å². The first-order valence-corrected chi connectivity index (χ1v) is 4.47. The van der Waals surface area contributed by atoms with E-state index in [9.17, 15) is 4.79 Å². The summed E-state index contributed by atoms with van der Waals surface area (Å²) in [6.07, 6.45) is 3.54. The minimum atomic E-state index is -1.04. The summed E-state index contributed by atoms with van der Waals surface area (Å²) in [5.74, 6) is 3.57. The number of rotatable bonds is 8. The Morgan fingerprint density at radius 2 is 2.15 bits per heavy atom. The molecule has 1 atom stereocenters. The second-order valence-corrected chi connectivity index (χ2v) is 2.87. The van der Waals surface area contributed by atoms with E-state index in [1.165, 1.54) is 0 Å². The summed E-state index contributed by atoms with van der Waals surface area (Å²) in [4.78, 5) is 18.7. The van der Waals surface area contributed by atoms with Gasteiger partial charge in [0.15, 0.2) is 6.10 Å². The summed E-state index contributed by atoms with van der Waals surface area (Å²) in [5.41, 5.74) is 0. The van der Waals surface area contributed by atoms with Crippen molar-refractivity contribution in [1.82, 2.24) is 0 Å². The maximum Gasteiger partial charge on any atom is 0.336 e. The van der Waals surface area contributed by atoms with Gasteiger partial charge in [0.2, 0.25) is 0 Å². The molecule has 0 aromatic heterocycles. The van der Waals surface area contributed by atoms with Crippen molar-refractivity contribution in [3.63, 3.8) is 0 Å². The zero-order valence-electron chi connectivity index (χ0n) is 7.86. The number of aliphatic carboxylic acids is 1. The minimum absolute atomic E-state index is 0.437. The Morgan fingerprint density at radius 1 is 1.46 bits per heavy atom. The van der Waals surface area contributed by atoms with Gasteiger partial charge in [0, 0.05) is 0 Å². The molecule has 0 radical (unpaired) electrons. The molecule has 1 unspecified atom stereocenters. The van der Waals surface area contributed by atoms with Crippen LogP contribution in [-0.4, -0.2) is 17.2 Å². The van der Waals surface area contributed by atoms with Crippen LogP contribution in [0, 0.1) is 0 Å². The summed E-state index contributed by atoms with van der Waals surface area (Å²) in [6, 6.07) is 0. The molecule has 3 N–H and O–H groups in total. The largest absolute Gasteiger partial charge is 0.479 e. The molecule has 78 valence electrons. The summed E-state index contributed by atoms with van der Waals surface area (Å²) in [5, 5.41) is 8.60. The van der Waals surface area contributed by atoms with Gasteiger partial charge in [-0.05, 0) is 6.42 Å². The highest BCUT2D eigenvalue weighted by Crippen LogP contribution is 2.08. The van der Waals surface area contributed by atoms with E-state index >= 15 is 0 Å². The van der Waals surface area contributed by atoms with Gasteiger partial charge in [0.05, 0.1) is 0 Å². The second-order valence-electron chi connectivity index (χ2n) is 2.87. The highest BCUT2D eigenvalue weighted by molar-refractivity contribution is 5.72. The average Bonchev–Trinajstić information content (AvgIpc) is 2.10. The molecule has 0 spiro atoms. The van der Waals surface area contributed by atoms with E-state index in [4.69, 9.17) is 5.11 Å². The molecule has 0 aliphatic rings. The van der Waals surface area contributed by atoms with Crippen LogP contribution in [0.4, 0.5) is 0 Å². The third-order valence-corrected chi connectivity index (χ3v) is 1.77. The molecule has 5 nitrogen and oxygen atoms in total. The van der Waals surface area contributed by atoms with Gasteiger partial charge >= 0.3 is 5.97 Å². The Labute approximate surface area is 77.7 Å². The van der Waals surface area contributed by atoms with E-state index < -0.39 is 12.1 Å². The zero-order valence-corrected chi connectivity index (χ0v) is 7.86. The van der Waals surface area contributed by atoms with Crippen LogP contribution in [0.2, 0.25) is 0 Å². The van der Waals surface area contributed by atoms with Crippen molar-refractivity contribution in [2.24, 2.45) is 5.90 Å². The van der Waals surface area contributed by atoms with Crippen molar-refractivity contribution in [2.45, 2.75) is 45.1 Å². The topological polar surface area (TPSA) is 81.8 Å². The van der Waals surface area contributed by atoms with Crippen LogP contribution < -0.4 is 5.90 Å². The quantitative estimate of drug-likeness (QED) is 0.342. The summed E-state index contributed by atoms with van der Waals surface area (Å²) in [6.45, 7) is 2.09. The fourth-order valence-corrected chi connectivity index (χ4v) is 1.04. The van der Waals surface area contributed by atoms with Gasteiger partial charge in [0.25, 0.3) is 0 Å². The number of carboxylic acid groups (broad SMARTS) is 1. The lowest BCUT2D eigenvalue weighted by molar-refractivity contribution is -0.325. The Balaban J connectivity index is 3.51. The fraction of sp³-hybridized carbons (Fsp3) is 0.875. The van der Waals surface area contributed by atoms with E-state index in [1.54, 1.807) is 0 Å². The van der Waals surface area contributed by atoms with Crippen molar-refractivity contribution in [3.8, 4) is 0 Å². The standard InChI is InChI=1S/C8H17NO4/c1-2-3-4-5-6-7(8(10)11)12-13-9/h7H,2-6,9H2,1H3,(H,10,11). The molecule has 0 fully saturated rings. The van der Waals surface area contributed by atoms with Crippen LogP contribution in [0.1, 0.15) is 39.0 Å². The molecule has 0 saturated carbocycles. The Bertz CT molecular complexity index is 140. The Hall–Kier alpha value is -0.650. The molecule has 0 saturated heterocycles. The summed E-state index contributed by atoms with van der Waals surface area (Å²) in [7, 11) is 0. The van der Waals surface area contributed by atoms with Gasteiger partial charge in [-0.1, -0.05) is 32.6 Å². The molecule has 0 amide bonds. The molecule has 0 aliphatic heterocycles. The Morgan fingerprint density at radius 3 is 2.62 bits per heavy atom. The summed E-state index contributed by atoms with van der Waals surface area (Å²) < 4.78 is 0. The third kappa shape index (κ3) is 6.51. The predicted octanol–water partition coefficient (Wildman–Crippen LogP) is 1.23. The lowest BCUT2D eigenvalue weighted by Crippen LogP contribution is -2.25. The number of hydrogen-bond donors (Lipinski definition) is 2. The normalized spacial score (nSPS) is 12.8. The number of carboxylic acids is 1. The fourth-order valence-electron chi connectivity index (χ4n) is 1.04. The zero-order chi connectivity index (χ0) is 10.1. The van der Waals surface area contributed by atoms with Crippen LogP contribution in [0.25, 0.3) is 0 Å². The van der Waals surface area contributed by atoms with Crippen molar-refractivity contribution in [3.05, 3.63) is 0 Å². The maximum atomic E-state index is 10.5. The maximum absolute atomic E-state index is 10.5. The van der Waals surface area contributed by atoms with Gasteiger partial charge in [-0.15, -0.1) is 4.99 Å². The van der Waals surface area contributed by atoms with Crippen molar-refractivity contribution >= 4 is 5.97 Å². The molecule has 0 bridgehead atoms. The predicted molar refractivity (Wildman–Crippen MR) is 46.5 cm³/mol. The highest BCUT2D eigenvalue weighted by Gasteiger charge is 2.18. The molecule has 13 heavy (non-hydrogen) atoms. The first kappa shape index (κ1) is 12.3. The molecule has 0 aromatic carbocycles. The van der Waals surface area contributed by atoms with E-state index in [-0.39, 0.29) is 0 Å². The van der Waals surface area contributed by atoms with Crippen molar-refractivity contribution in [2.75, 3.05) is 0 Å². The second kappa shape index (κ2) is 7.97. The smallest absolute Gasteiger partial charge is 0.336 e. The molecular formula is C8H17NO4. The van der Waals surface area contributed by atoms with Crippen molar-refractivity contribution in [1.29, 1.82) is 0 Å². The van der Waals surface area contributed by atoms with Crippen LogP contribution in [0.5, 0.6) is 0 Å². The highest BCUT2D eigenvalue weighted by atomic mass is 17.3. The van der Waals surface area contributed by atoms with Gasteiger partial charge in [0.1, 0.15) is 0 Å². The van der Waals surface area contributed by atoms with Crippen LogP contribution >= 0.6 is 0 Å². The Kier molecular flexibility index (Phi) is 7.57. The lowest BCUT2D eigenvalue weighted by Gasteiger charge is -2.09. The minimum Gasteiger partial charge on any atom is -0.479 e. The molecule has 0 heterocycles. The average molecular weight is 191 g/mol. The molecular weight excluding hydrogens is 174 g/mol. The van der Waals surface area contributed by atoms with E-state index in [0.717, 1.165) is 25.7 Å². The molecule has 5 heteroatoms. The van der Waals surface area contributed by atoms with E-state index in [1.807, 2.05) is 0 Å². The van der Waals surface area contributed by atoms with Crippen LogP contribution in [0.15, 0.2) is 0 Å². The molecule has 0 aromatic rings. The lowest BCUT2D eigenvalue weighted by atomic mass is 10.1. The number of nitrogens with two attached hydrogens (primary N) is 1. The number of hydrogen-bond acceptors (Lipinski definition) is 4. The SMILES string of the molecule is CCCCCCC(OON)C(=O)O. The van der Waals surface area contributed by atoms with E-state index in [2.05, 4.69) is 22.7 Å². The first-order chi connectivity index (χ1) is 6.22. The van der Waals surface area contributed by atoms with Gasteiger partial charge in [-0.3, -0.25) is 0 Å². The van der Waals surface area contributed by atoms with Gasteiger partial charge < -0.3 is 5.11 Å². The number of unbranched alkanes of at least 4 members (excludes halogenated alkanes) is 3. The van der Waals surface area contributed by atoms with Gasteiger partial charge in [-0.2, -0.15) is 5.90 Å².